The maximum Gasteiger partial charge on any atom is 0.270 e. The molecule has 0 unspecified atom stereocenters. The average Bonchev–Trinajstić information content (AvgIpc) is 3.54. The normalized spacial score (nSPS) is 16.8. The van der Waals surface area contributed by atoms with E-state index in [0.29, 0.717) is 6.61 Å². The number of piperidine rings is 1. The second kappa shape index (κ2) is 10.0. The smallest absolute Gasteiger partial charge is 0.270 e. The summed E-state index contributed by atoms with van der Waals surface area (Å²) in [5, 5.41) is 14.6. The van der Waals surface area contributed by atoms with E-state index in [1.807, 2.05) is 34.9 Å². The van der Waals surface area contributed by atoms with Crippen molar-refractivity contribution in [1.29, 1.82) is 0 Å². The lowest BCUT2D eigenvalue weighted by molar-refractivity contribution is -0.0471. The van der Waals surface area contributed by atoms with Crippen molar-refractivity contribution in [3.63, 3.8) is 0 Å². The Morgan fingerprint density at radius 2 is 2.02 bits per heavy atom. The van der Waals surface area contributed by atoms with Gasteiger partial charge < -0.3 is 9.64 Å². The zero-order valence-electron chi connectivity index (χ0n) is 22.4. The predicted molar refractivity (Wildman–Crippen MR) is 154 cm³/mol. The predicted octanol–water partition coefficient (Wildman–Crippen LogP) is 4.71. The topological polar surface area (TPSA) is 104 Å². The van der Waals surface area contributed by atoms with Crippen molar-refractivity contribution in [2.75, 3.05) is 37.7 Å². The molecule has 0 atom stereocenters. The fourth-order valence-electron chi connectivity index (χ4n) is 6.02. The van der Waals surface area contributed by atoms with Crippen LogP contribution in [0.1, 0.15) is 30.1 Å². The summed E-state index contributed by atoms with van der Waals surface area (Å²) < 4.78 is 21.7. The summed E-state index contributed by atoms with van der Waals surface area (Å²) in [5.74, 6) is 0.532. The highest BCUT2D eigenvalue weighted by Crippen LogP contribution is 2.41. The molecule has 0 saturated carbocycles. The first kappa shape index (κ1) is 25.7. The number of carbonyl (C=O) groups excluding carboxylic acids is 1. The summed E-state index contributed by atoms with van der Waals surface area (Å²) in [6.07, 6.45) is 7.53. The largest absolute Gasteiger partial charge is 0.492 e. The van der Waals surface area contributed by atoms with Gasteiger partial charge in [-0.25, -0.2) is 18.9 Å². The van der Waals surface area contributed by atoms with Crippen molar-refractivity contribution in [3.8, 4) is 16.9 Å². The summed E-state index contributed by atoms with van der Waals surface area (Å²) in [5.41, 5.74) is 6.43. The Kier molecular flexibility index (Phi) is 6.28. The van der Waals surface area contributed by atoms with Gasteiger partial charge in [0, 0.05) is 48.9 Å². The molecule has 41 heavy (non-hydrogen) atoms. The Balaban J connectivity index is 1.02. The number of amides is 1. The summed E-state index contributed by atoms with van der Waals surface area (Å²) >= 11 is 6.04. The quantitative estimate of drug-likeness (QED) is 0.303. The van der Waals surface area contributed by atoms with Crippen LogP contribution >= 0.6 is 11.6 Å². The van der Waals surface area contributed by atoms with Gasteiger partial charge in [0.25, 0.3) is 5.91 Å². The second-order valence-corrected chi connectivity index (χ2v) is 11.1. The number of halogens is 2. The molecule has 7 rings (SSSR count). The molecule has 2 saturated heterocycles. The fraction of sp³-hybridized carbons (Fsp3) is 0.310. The maximum atomic E-state index is 14.1. The minimum Gasteiger partial charge on any atom is -0.492 e. The number of pyridine rings is 2. The molecule has 2 aliphatic heterocycles. The molecular formula is C29H28ClFN8O2. The number of nitrogens with one attached hydrogen (secondary N) is 2. The fourth-order valence-corrected chi connectivity index (χ4v) is 6.27. The molecular weight excluding hydrogens is 547 g/mol. The Bertz CT molecular complexity index is 1730. The molecule has 1 spiro atoms. The number of benzene rings is 1. The van der Waals surface area contributed by atoms with Crippen molar-refractivity contribution in [2.24, 2.45) is 5.41 Å². The van der Waals surface area contributed by atoms with Gasteiger partial charge in [-0.05, 0) is 50.1 Å². The first-order valence-corrected chi connectivity index (χ1v) is 14.0. The van der Waals surface area contributed by atoms with E-state index >= 15 is 0 Å². The van der Waals surface area contributed by atoms with Crippen LogP contribution in [-0.4, -0.2) is 68.5 Å². The van der Waals surface area contributed by atoms with Crippen LogP contribution in [0.4, 0.5) is 10.2 Å². The van der Waals surface area contributed by atoms with Gasteiger partial charge in [0.15, 0.2) is 5.65 Å². The highest BCUT2D eigenvalue weighted by molar-refractivity contribution is 6.33. The summed E-state index contributed by atoms with van der Waals surface area (Å²) in [4.78, 5) is 19.7. The SMILES string of the molecule is CCOc1cc(-c2ccc(N3CCC4(CC3)CN(NC(=O)c3c(F)cccc3Cl)C4)nc2)c2c3cn[nH]c3nn2c1. The summed E-state index contributed by atoms with van der Waals surface area (Å²) in [6.45, 7) is 5.71. The van der Waals surface area contributed by atoms with E-state index < -0.39 is 11.7 Å². The minimum atomic E-state index is -0.622. The summed E-state index contributed by atoms with van der Waals surface area (Å²) in [6, 6.07) is 10.4. The molecule has 10 nitrogen and oxygen atoms in total. The number of carbonyl (C=O) groups is 1. The lowest BCUT2D eigenvalue weighted by Gasteiger charge is -2.53. The molecule has 5 aromatic rings. The number of hydrogen-bond donors (Lipinski definition) is 2. The molecule has 2 N–H and O–H groups in total. The number of H-pyrrole nitrogens is 1. The van der Waals surface area contributed by atoms with E-state index in [1.165, 1.54) is 18.2 Å². The van der Waals surface area contributed by atoms with Gasteiger partial charge in [-0.2, -0.15) is 5.10 Å². The number of anilines is 1. The number of aromatic nitrogens is 5. The van der Waals surface area contributed by atoms with Crippen LogP contribution in [0.15, 0.2) is 55.0 Å². The van der Waals surface area contributed by atoms with E-state index in [9.17, 15) is 9.18 Å². The zero-order chi connectivity index (χ0) is 28.1. The van der Waals surface area contributed by atoms with Gasteiger partial charge in [0.1, 0.15) is 17.4 Å². The first-order chi connectivity index (χ1) is 19.9. The lowest BCUT2D eigenvalue weighted by Crippen LogP contribution is -2.65. The second-order valence-electron chi connectivity index (χ2n) is 10.7. The third-order valence-electron chi connectivity index (χ3n) is 8.12. The number of hydrogen-bond acceptors (Lipinski definition) is 7. The number of nitrogens with zero attached hydrogens (tertiary/aromatic N) is 6. The van der Waals surface area contributed by atoms with Gasteiger partial charge in [0.2, 0.25) is 0 Å². The van der Waals surface area contributed by atoms with Gasteiger partial charge in [-0.1, -0.05) is 17.7 Å². The molecule has 0 aliphatic carbocycles. The van der Waals surface area contributed by atoms with Crippen molar-refractivity contribution in [2.45, 2.75) is 19.8 Å². The molecule has 1 aromatic carbocycles. The van der Waals surface area contributed by atoms with Crippen molar-refractivity contribution < 1.29 is 13.9 Å². The number of hydrazine groups is 1. The molecule has 0 radical (unpaired) electrons. The van der Waals surface area contributed by atoms with Crippen molar-refractivity contribution in [3.05, 3.63) is 71.4 Å². The van der Waals surface area contributed by atoms with Crippen molar-refractivity contribution >= 4 is 39.9 Å². The Labute approximate surface area is 240 Å². The molecule has 1 amide bonds. The van der Waals surface area contributed by atoms with Crippen molar-refractivity contribution in [1.82, 2.24) is 35.2 Å². The van der Waals surface area contributed by atoms with Gasteiger partial charge in [-0.3, -0.25) is 15.3 Å². The highest BCUT2D eigenvalue weighted by atomic mass is 35.5. The average molecular weight is 575 g/mol. The molecule has 2 aliphatic rings. The maximum absolute atomic E-state index is 14.1. The van der Waals surface area contributed by atoms with Crippen LogP contribution in [0.25, 0.3) is 27.7 Å². The summed E-state index contributed by atoms with van der Waals surface area (Å²) in [7, 11) is 0. The molecule has 6 heterocycles. The first-order valence-electron chi connectivity index (χ1n) is 13.6. The van der Waals surface area contributed by atoms with Crippen LogP contribution in [0.5, 0.6) is 5.75 Å². The number of rotatable bonds is 6. The van der Waals surface area contributed by atoms with Gasteiger partial charge >= 0.3 is 0 Å². The van der Waals surface area contributed by atoms with E-state index in [1.54, 1.807) is 6.20 Å². The highest BCUT2D eigenvalue weighted by Gasteiger charge is 2.45. The molecule has 2 fully saturated rings. The van der Waals surface area contributed by atoms with E-state index in [-0.39, 0.29) is 16.0 Å². The van der Waals surface area contributed by atoms with E-state index in [4.69, 9.17) is 21.3 Å². The molecule has 210 valence electrons. The monoisotopic (exact) mass is 574 g/mol. The lowest BCUT2D eigenvalue weighted by atomic mass is 9.73. The van der Waals surface area contributed by atoms with Crippen LogP contribution in [0.3, 0.4) is 0 Å². The Hall–Kier alpha value is -4.22. The molecule has 0 bridgehead atoms. The third kappa shape index (κ3) is 4.54. The van der Waals surface area contributed by atoms with Crippen LogP contribution in [-0.2, 0) is 0 Å². The van der Waals surface area contributed by atoms with Crippen LogP contribution in [0, 0.1) is 11.2 Å². The number of ether oxygens (including phenoxy) is 1. The number of aromatic amines is 1. The molecule has 4 aromatic heterocycles. The minimum absolute atomic E-state index is 0.107. The van der Waals surface area contributed by atoms with Crippen LogP contribution in [0.2, 0.25) is 5.02 Å². The number of fused-ring (bicyclic) bond motifs is 3. The standard InChI is InChI=1S/C29H28ClFN8O2/c1-2-41-19-12-20(26-21-14-33-34-27(21)35-39(26)15-19)18-6-7-24(32-13-18)37-10-8-29(9-11-37)16-38(17-29)36-28(40)25-22(30)4-3-5-23(25)31/h3-7,12-15H,2,8-11,16-17H2,1H3,(H,34,35)(H,36,40). The van der Waals surface area contributed by atoms with Crippen LogP contribution < -0.4 is 15.1 Å². The van der Waals surface area contributed by atoms with Gasteiger partial charge in [0.05, 0.1) is 40.5 Å². The van der Waals surface area contributed by atoms with E-state index in [2.05, 4.69) is 37.8 Å². The van der Waals surface area contributed by atoms with E-state index in [0.717, 1.165) is 78.3 Å². The Morgan fingerprint density at radius 1 is 1.20 bits per heavy atom. The zero-order valence-corrected chi connectivity index (χ0v) is 23.2. The Morgan fingerprint density at radius 3 is 2.76 bits per heavy atom. The van der Waals surface area contributed by atoms with Gasteiger partial charge in [-0.15, -0.1) is 5.10 Å². The third-order valence-corrected chi connectivity index (χ3v) is 8.44. The molecule has 12 heteroatoms.